The lowest BCUT2D eigenvalue weighted by atomic mass is 9.92. The fourth-order valence-electron chi connectivity index (χ4n) is 2.09. The summed E-state index contributed by atoms with van der Waals surface area (Å²) in [4.78, 5) is 4.44. The van der Waals surface area contributed by atoms with E-state index in [1.165, 1.54) is 0 Å². The zero-order valence-electron chi connectivity index (χ0n) is 11.7. The van der Waals surface area contributed by atoms with Crippen LogP contribution >= 0.6 is 0 Å². The fraction of sp³-hybridized carbons (Fsp3) is 0.571. The fourth-order valence-corrected chi connectivity index (χ4v) is 2.09. The highest BCUT2D eigenvalue weighted by molar-refractivity contribution is 5.57. The van der Waals surface area contributed by atoms with Gasteiger partial charge in [0, 0.05) is 12.2 Å². The van der Waals surface area contributed by atoms with Crippen molar-refractivity contribution in [3.63, 3.8) is 0 Å². The molecule has 1 aromatic rings. The number of aromatic nitrogens is 1. The number of rotatable bonds is 5. The summed E-state index contributed by atoms with van der Waals surface area (Å²) in [6.07, 6.45) is 1.80. The van der Waals surface area contributed by atoms with Crippen LogP contribution in [0.5, 0.6) is 0 Å². The lowest BCUT2D eigenvalue weighted by molar-refractivity contribution is 0.443. The predicted octanol–water partition coefficient (Wildman–Crippen LogP) is 2.50. The van der Waals surface area contributed by atoms with Gasteiger partial charge in [0.25, 0.3) is 0 Å². The van der Waals surface area contributed by atoms with Gasteiger partial charge in [0.1, 0.15) is 11.9 Å². The summed E-state index contributed by atoms with van der Waals surface area (Å²) in [7, 11) is 0. The molecule has 0 atom stereocenters. The first-order valence-corrected chi connectivity index (χ1v) is 6.38. The molecule has 1 rings (SSSR count). The molecule has 3 N–H and O–H groups in total. The Labute approximate surface area is 109 Å². The Kier molecular flexibility index (Phi) is 4.69. The highest BCUT2D eigenvalue weighted by Crippen LogP contribution is 2.24. The van der Waals surface area contributed by atoms with Gasteiger partial charge in [-0.15, -0.1) is 0 Å². The van der Waals surface area contributed by atoms with Crippen molar-refractivity contribution in [2.45, 2.75) is 46.1 Å². The second-order valence-electron chi connectivity index (χ2n) is 4.73. The van der Waals surface area contributed by atoms with Gasteiger partial charge in [-0.1, -0.05) is 13.8 Å². The van der Waals surface area contributed by atoms with Gasteiger partial charge in [-0.25, -0.2) is 4.98 Å². The van der Waals surface area contributed by atoms with E-state index in [-0.39, 0.29) is 5.54 Å². The highest BCUT2D eigenvalue weighted by atomic mass is 15.1. The summed E-state index contributed by atoms with van der Waals surface area (Å²) in [5.41, 5.74) is 8.16. The number of hydrogen-bond donors (Lipinski definition) is 2. The molecule has 0 radical (unpaired) electrons. The Morgan fingerprint density at radius 1 is 1.39 bits per heavy atom. The maximum absolute atomic E-state index is 9.24. The number of nitrogens with one attached hydrogen (secondary N) is 1. The molecule has 0 unspecified atom stereocenters. The third-order valence-electron chi connectivity index (χ3n) is 3.58. The average molecular weight is 246 g/mol. The minimum atomic E-state index is -0.182. The molecule has 0 aliphatic rings. The van der Waals surface area contributed by atoms with Crippen LogP contribution in [0.15, 0.2) is 6.07 Å². The largest absolute Gasteiger partial charge is 0.362 e. The Hall–Kier alpha value is -1.60. The molecule has 4 heteroatoms. The molecule has 0 bridgehead atoms. The molecular formula is C14H22N4. The zero-order valence-corrected chi connectivity index (χ0v) is 11.7. The van der Waals surface area contributed by atoms with Gasteiger partial charge in [0.2, 0.25) is 0 Å². The van der Waals surface area contributed by atoms with Crippen molar-refractivity contribution in [3.8, 4) is 6.07 Å². The van der Waals surface area contributed by atoms with Crippen LogP contribution in [0.3, 0.4) is 0 Å². The molecule has 1 heterocycles. The first-order valence-electron chi connectivity index (χ1n) is 6.38. The van der Waals surface area contributed by atoms with E-state index in [2.05, 4.69) is 30.2 Å². The minimum absolute atomic E-state index is 0.182. The van der Waals surface area contributed by atoms with Crippen molar-refractivity contribution in [2.75, 3.05) is 11.9 Å². The van der Waals surface area contributed by atoms with Crippen LogP contribution in [0, 0.1) is 25.2 Å². The van der Waals surface area contributed by atoms with Gasteiger partial charge in [-0.05, 0) is 38.3 Å². The molecule has 0 saturated heterocycles. The Morgan fingerprint density at radius 3 is 2.44 bits per heavy atom. The van der Waals surface area contributed by atoms with Gasteiger partial charge in [-0.2, -0.15) is 5.26 Å². The van der Waals surface area contributed by atoms with E-state index in [1.807, 2.05) is 19.9 Å². The molecule has 4 nitrogen and oxygen atoms in total. The second kappa shape index (κ2) is 5.83. The van der Waals surface area contributed by atoms with Crippen molar-refractivity contribution in [3.05, 3.63) is 22.9 Å². The molecule has 0 spiro atoms. The third-order valence-corrected chi connectivity index (χ3v) is 3.58. The molecule has 1 aromatic heterocycles. The number of nitrogens with zero attached hydrogens (tertiary/aromatic N) is 2. The van der Waals surface area contributed by atoms with E-state index in [0.717, 1.165) is 24.1 Å². The lowest BCUT2D eigenvalue weighted by Crippen LogP contribution is -2.44. The van der Waals surface area contributed by atoms with Crippen LogP contribution < -0.4 is 11.1 Å². The summed E-state index contributed by atoms with van der Waals surface area (Å²) in [6, 6.07) is 4.14. The van der Waals surface area contributed by atoms with Crippen LogP contribution in [0.25, 0.3) is 0 Å². The Balaban J connectivity index is 3.22. The van der Waals surface area contributed by atoms with Gasteiger partial charge < -0.3 is 11.1 Å². The topological polar surface area (TPSA) is 74.7 Å². The van der Waals surface area contributed by atoms with Crippen molar-refractivity contribution in [2.24, 2.45) is 5.73 Å². The van der Waals surface area contributed by atoms with Crippen LogP contribution in [-0.2, 0) is 0 Å². The zero-order chi connectivity index (χ0) is 13.8. The van der Waals surface area contributed by atoms with Crippen molar-refractivity contribution >= 4 is 5.82 Å². The van der Waals surface area contributed by atoms with Gasteiger partial charge in [-0.3, -0.25) is 0 Å². The summed E-state index contributed by atoms with van der Waals surface area (Å²) in [5.74, 6) is 0.657. The molecule has 0 aliphatic carbocycles. The van der Waals surface area contributed by atoms with Crippen molar-refractivity contribution in [1.29, 1.82) is 5.26 Å². The summed E-state index contributed by atoms with van der Waals surface area (Å²) < 4.78 is 0. The van der Waals surface area contributed by atoms with Gasteiger partial charge in [0.15, 0.2) is 0 Å². The molecule has 0 saturated carbocycles. The standard InChI is InChI=1S/C14H22N4/c1-5-14(6-2,9-16)18-13-12(8-15)10(3)7-11(4)17-13/h7H,5-6,9,16H2,1-4H3,(H,17,18). The number of hydrogen-bond acceptors (Lipinski definition) is 4. The third kappa shape index (κ3) is 2.80. The van der Waals surface area contributed by atoms with E-state index in [1.54, 1.807) is 0 Å². The summed E-state index contributed by atoms with van der Waals surface area (Å²) in [6.45, 7) is 8.58. The monoisotopic (exact) mass is 246 g/mol. The molecule has 0 fully saturated rings. The molecule has 0 amide bonds. The molecule has 0 aliphatic heterocycles. The van der Waals surface area contributed by atoms with Crippen LogP contribution in [0.2, 0.25) is 0 Å². The molecular weight excluding hydrogens is 224 g/mol. The van der Waals surface area contributed by atoms with E-state index >= 15 is 0 Å². The smallest absolute Gasteiger partial charge is 0.144 e. The van der Waals surface area contributed by atoms with Crippen LogP contribution in [0.4, 0.5) is 5.82 Å². The highest BCUT2D eigenvalue weighted by Gasteiger charge is 2.26. The van der Waals surface area contributed by atoms with Crippen molar-refractivity contribution < 1.29 is 0 Å². The van der Waals surface area contributed by atoms with Crippen molar-refractivity contribution in [1.82, 2.24) is 4.98 Å². The van der Waals surface area contributed by atoms with Crippen LogP contribution in [0.1, 0.15) is 43.5 Å². The minimum Gasteiger partial charge on any atom is -0.362 e. The molecule has 18 heavy (non-hydrogen) atoms. The Bertz CT molecular complexity index is 447. The predicted molar refractivity (Wildman–Crippen MR) is 74.4 cm³/mol. The summed E-state index contributed by atoms with van der Waals surface area (Å²) in [5, 5.41) is 12.6. The quantitative estimate of drug-likeness (QED) is 0.837. The number of pyridine rings is 1. The van der Waals surface area contributed by atoms with E-state index in [4.69, 9.17) is 5.73 Å². The number of anilines is 1. The first kappa shape index (κ1) is 14.5. The number of nitrogens with two attached hydrogens (primary N) is 1. The first-order chi connectivity index (χ1) is 8.51. The normalized spacial score (nSPS) is 11.1. The van der Waals surface area contributed by atoms with Gasteiger partial charge in [0.05, 0.1) is 11.1 Å². The van der Waals surface area contributed by atoms with E-state index in [9.17, 15) is 5.26 Å². The Morgan fingerprint density at radius 2 is 2.00 bits per heavy atom. The van der Waals surface area contributed by atoms with Gasteiger partial charge >= 0.3 is 0 Å². The van der Waals surface area contributed by atoms with E-state index < -0.39 is 0 Å². The number of aryl methyl sites for hydroxylation is 2. The number of nitriles is 1. The maximum atomic E-state index is 9.24. The second-order valence-corrected chi connectivity index (χ2v) is 4.73. The maximum Gasteiger partial charge on any atom is 0.144 e. The summed E-state index contributed by atoms with van der Waals surface area (Å²) >= 11 is 0. The van der Waals surface area contributed by atoms with E-state index in [0.29, 0.717) is 17.9 Å². The average Bonchev–Trinajstić information content (AvgIpc) is 2.35. The molecule has 0 aromatic carbocycles. The van der Waals surface area contributed by atoms with Crippen LogP contribution in [-0.4, -0.2) is 17.1 Å². The lowest BCUT2D eigenvalue weighted by Gasteiger charge is -2.32. The molecule has 98 valence electrons. The SMILES string of the molecule is CCC(CC)(CN)Nc1nc(C)cc(C)c1C#N.